The van der Waals surface area contributed by atoms with Crippen molar-refractivity contribution < 1.29 is 17.6 Å². The van der Waals surface area contributed by atoms with Gasteiger partial charge in [-0.3, -0.25) is 10.1 Å². The van der Waals surface area contributed by atoms with Gasteiger partial charge >= 0.3 is 0 Å². The molecule has 1 aromatic carbocycles. The minimum Gasteiger partial charge on any atom is -0.296 e. The molecule has 12 heteroatoms. The number of nitrogens with one attached hydrogen (secondary N) is 1. The van der Waals surface area contributed by atoms with Crippen LogP contribution in [0.15, 0.2) is 46.8 Å². The first-order valence-electron chi connectivity index (χ1n) is 9.44. The molecule has 4 rings (SSSR count). The number of aryl methyl sites for hydroxylation is 1. The molecule has 9 nitrogen and oxygen atoms in total. The van der Waals surface area contributed by atoms with E-state index < -0.39 is 15.9 Å². The highest BCUT2D eigenvalue weighted by Crippen LogP contribution is 2.29. The van der Waals surface area contributed by atoms with Crippen molar-refractivity contribution in [2.45, 2.75) is 17.7 Å². The van der Waals surface area contributed by atoms with Crippen LogP contribution >= 0.6 is 11.3 Å². The zero-order chi connectivity index (χ0) is 23.0. The summed E-state index contributed by atoms with van der Waals surface area (Å²) in [6, 6.07) is 9.66. The number of nitrogens with zero attached hydrogens (tertiary/aromatic N) is 5. The topological polar surface area (TPSA) is 110 Å². The van der Waals surface area contributed by atoms with Gasteiger partial charge in [0.05, 0.1) is 17.6 Å². The SMILES string of the molecule is Cc1nc(NC(=O)c2nn(Cc3ccccc3F)c3ncccc23)sc1S(=O)(=O)N(C)C. The maximum Gasteiger partial charge on any atom is 0.278 e. The van der Waals surface area contributed by atoms with Gasteiger partial charge in [0.2, 0.25) is 0 Å². The van der Waals surface area contributed by atoms with Gasteiger partial charge < -0.3 is 0 Å². The number of aromatic nitrogens is 4. The summed E-state index contributed by atoms with van der Waals surface area (Å²) in [7, 11) is -0.834. The van der Waals surface area contributed by atoms with Gasteiger partial charge in [-0.05, 0) is 25.1 Å². The lowest BCUT2D eigenvalue weighted by atomic mass is 10.2. The Morgan fingerprint density at radius 1 is 1.22 bits per heavy atom. The van der Waals surface area contributed by atoms with Crippen molar-refractivity contribution in [3.63, 3.8) is 0 Å². The number of pyridine rings is 1. The first-order valence-corrected chi connectivity index (χ1v) is 11.7. The van der Waals surface area contributed by atoms with Gasteiger partial charge in [0.15, 0.2) is 20.7 Å². The lowest BCUT2D eigenvalue weighted by Gasteiger charge is -2.08. The van der Waals surface area contributed by atoms with E-state index in [1.807, 2.05) is 0 Å². The van der Waals surface area contributed by atoms with Gasteiger partial charge in [0, 0.05) is 25.9 Å². The molecule has 32 heavy (non-hydrogen) atoms. The molecule has 0 bridgehead atoms. The molecule has 0 radical (unpaired) electrons. The summed E-state index contributed by atoms with van der Waals surface area (Å²) in [6.45, 7) is 1.65. The van der Waals surface area contributed by atoms with Crippen molar-refractivity contribution in [1.82, 2.24) is 24.1 Å². The molecule has 0 spiro atoms. The molecule has 4 aromatic rings. The fourth-order valence-corrected chi connectivity index (χ4v) is 5.62. The maximum absolute atomic E-state index is 14.1. The van der Waals surface area contributed by atoms with E-state index in [2.05, 4.69) is 20.4 Å². The molecular weight excluding hydrogens is 455 g/mol. The summed E-state index contributed by atoms with van der Waals surface area (Å²) < 4.78 is 41.6. The molecule has 0 fully saturated rings. The average Bonchev–Trinajstić information content (AvgIpc) is 3.30. The predicted molar refractivity (Wildman–Crippen MR) is 119 cm³/mol. The lowest BCUT2D eigenvalue weighted by molar-refractivity contribution is 0.102. The second-order valence-corrected chi connectivity index (χ2v) is 10.5. The molecule has 0 saturated heterocycles. The van der Waals surface area contributed by atoms with Crippen molar-refractivity contribution in [1.29, 1.82) is 0 Å². The van der Waals surface area contributed by atoms with Crippen molar-refractivity contribution in [3.8, 4) is 0 Å². The average molecular weight is 475 g/mol. The molecule has 0 aliphatic carbocycles. The number of benzene rings is 1. The zero-order valence-corrected chi connectivity index (χ0v) is 19.0. The Kier molecular flexibility index (Phi) is 5.75. The first kappa shape index (κ1) is 22.0. The number of hydrogen-bond acceptors (Lipinski definition) is 7. The van der Waals surface area contributed by atoms with Crippen LogP contribution in [-0.2, 0) is 16.6 Å². The quantitative estimate of drug-likeness (QED) is 0.460. The normalized spacial score (nSPS) is 11.9. The van der Waals surface area contributed by atoms with Gasteiger partial charge in [0.25, 0.3) is 15.9 Å². The number of hydrogen-bond donors (Lipinski definition) is 1. The van der Waals surface area contributed by atoms with E-state index in [-0.39, 0.29) is 33.1 Å². The van der Waals surface area contributed by atoms with Crippen molar-refractivity contribution in [2.24, 2.45) is 0 Å². The Labute approximate surface area is 187 Å². The van der Waals surface area contributed by atoms with Crippen LogP contribution in [-0.4, -0.2) is 52.5 Å². The van der Waals surface area contributed by atoms with Crippen LogP contribution < -0.4 is 5.32 Å². The first-order chi connectivity index (χ1) is 15.2. The highest BCUT2D eigenvalue weighted by Gasteiger charge is 2.26. The third kappa shape index (κ3) is 3.99. The number of halogens is 1. The number of carbonyl (C=O) groups excluding carboxylic acids is 1. The molecule has 1 N–H and O–H groups in total. The van der Waals surface area contributed by atoms with Crippen LogP contribution in [0.2, 0.25) is 0 Å². The third-order valence-electron chi connectivity index (χ3n) is 4.69. The highest BCUT2D eigenvalue weighted by atomic mass is 32.2. The predicted octanol–water partition coefficient (Wildman–Crippen LogP) is 2.89. The van der Waals surface area contributed by atoms with Crippen molar-refractivity contribution in [3.05, 3.63) is 65.4 Å². The fraction of sp³-hybridized carbons (Fsp3) is 0.200. The fourth-order valence-electron chi connectivity index (χ4n) is 3.07. The molecule has 0 aliphatic heterocycles. The van der Waals surface area contributed by atoms with Crippen LogP contribution in [0, 0.1) is 12.7 Å². The Hall–Kier alpha value is -3.22. The van der Waals surface area contributed by atoms with E-state index in [1.54, 1.807) is 43.5 Å². The summed E-state index contributed by atoms with van der Waals surface area (Å²) in [5, 5.41) is 7.59. The Bertz CT molecular complexity index is 1430. The Balaban J connectivity index is 1.68. The standard InChI is InChI=1S/C20H19FN6O3S2/c1-12-19(32(29,30)26(2)3)31-20(23-12)24-18(28)16-14-8-6-10-22-17(14)27(25-16)11-13-7-4-5-9-15(13)21/h4-10H,11H2,1-3H3,(H,23,24,28). The minimum absolute atomic E-state index is 0.0504. The van der Waals surface area contributed by atoms with Crippen molar-refractivity contribution in [2.75, 3.05) is 19.4 Å². The molecule has 3 aromatic heterocycles. The van der Waals surface area contributed by atoms with E-state index in [0.717, 1.165) is 15.6 Å². The van der Waals surface area contributed by atoms with E-state index in [4.69, 9.17) is 0 Å². The molecule has 0 unspecified atom stereocenters. The van der Waals surface area contributed by atoms with E-state index in [0.29, 0.717) is 16.6 Å². The molecule has 0 atom stereocenters. The second-order valence-electron chi connectivity index (χ2n) is 7.11. The second kappa shape index (κ2) is 8.37. The third-order valence-corrected chi connectivity index (χ3v) is 8.16. The summed E-state index contributed by atoms with van der Waals surface area (Å²) in [5.74, 6) is -0.955. The minimum atomic E-state index is -3.68. The van der Waals surface area contributed by atoms with Crippen LogP contribution in [0.5, 0.6) is 0 Å². The van der Waals surface area contributed by atoms with Gasteiger partial charge in [-0.2, -0.15) is 5.10 Å². The zero-order valence-electron chi connectivity index (χ0n) is 17.4. The largest absolute Gasteiger partial charge is 0.296 e. The van der Waals surface area contributed by atoms with Crippen molar-refractivity contribution >= 4 is 43.4 Å². The van der Waals surface area contributed by atoms with Crippen LogP contribution in [0.3, 0.4) is 0 Å². The summed E-state index contributed by atoms with van der Waals surface area (Å²) in [6.07, 6.45) is 1.56. The summed E-state index contributed by atoms with van der Waals surface area (Å²) >= 11 is 0.862. The number of amides is 1. The smallest absolute Gasteiger partial charge is 0.278 e. The number of carbonyl (C=O) groups is 1. The van der Waals surface area contributed by atoms with Gasteiger partial charge in [-0.25, -0.2) is 31.8 Å². The van der Waals surface area contributed by atoms with Gasteiger partial charge in [-0.15, -0.1) is 0 Å². The summed E-state index contributed by atoms with van der Waals surface area (Å²) in [5.41, 5.74) is 1.20. The van der Waals surface area contributed by atoms with E-state index >= 15 is 0 Å². The summed E-state index contributed by atoms with van der Waals surface area (Å²) in [4.78, 5) is 21.4. The maximum atomic E-state index is 14.1. The molecule has 0 aliphatic rings. The molecule has 0 saturated carbocycles. The highest BCUT2D eigenvalue weighted by molar-refractivity contribution is 7.91. The number of sulfonamides is 1. The van der Waals surface area contributed by atoms with Gasteiger partial charge in [0.1, 0.15) is 5.82 Å². The number of anilines is 1. The van der Waals surface area contributed by atoms with Crippen LogP contribution in [0.1, 0.15) is 21.7 Å². The monoisotopic (exact) mass is 474 g/mol. The number of fused-ring (bicyclic) bond motifs is 1. The molecule has 166 valence electrons. The Morgan fingerprint density at radius 2 is 1.97 bits per heavy atom. The number of thiazole rings is 1. The lowest BCUT2D eigenvalue weighted by Crippen LogP contribution is -2.21. The van der Waals surface area contributed by atoms with Crippen LogP contribution in [0.4, 0.5) is 9.52 Å². The van der Waals surface area contributed by atoms with Crippen LogP contribution in [0.25, 0.3) is 11.0 Å². The molecule has 3 heterocycles. The van der Waals surface area contributed by atoms with E-state index in [1.165, 1.54) is 24.8 Å². The Morgan fingerprint density at radius 3 is 2.69 bits per heavy atom. The van der Waals surface area contributed by atoms with E-state index in [9.17, 15) is 17.6 Å². The number of rotatable bonds is 6. The molecular formula is C20H19FN6O3S2. The molecule has 1 amide bonds. The van der Waals surface area contributed by atoms with Gasteiger partial charge in [-0.1, -0.05) is 29.5 Å².